The van der Waals surface area contributed by atoms with Gasteiger partial charge in [0.15, 0.2) is 0 Å². The molecule has 1 aromatic heterocycles. The molecule has 4 heterocycles. The van der Waals surface area contributed by atoms with Gasteiger partial charge in [-0.05, 0) is 113 Å². The Morgan fingerprint density at radius 1 is 0.879 bits per heavy atom. The molecule has 3 aliphatic heterocycles. The summed E-state index contributed by atoms with van der Waals surface area (Å²) in [5.41, 5.74) is 4.14. The van der Waals surface area contributed by atoms with E-state index in [1.807, 2.05) is 44.2 Å². The number of pyridine rings is 1. The molecule has 4 fully saturated rings. The van der Waals surface area contributed by atoms with Crippen LogP contribution in [-0.4, -0.2) is 96.5 Å². The fourth-order valence-corrected chi connectivity index (χ4v) is 9.22. The van der Waals surface area contributed by atoms with Crippen molar-refractivity contribution in [2.45, 2.75) is 90.8 Å². The zero-order valence-electron chi connectivity index (χ0n) is 34.6. The van der Waals surface area contributed by atoms with E-state index in [-0.39, 0.29) is 35.8 Å². The molecule has 2 unspecified atom stereocenters. The highest BCUT2D eigenvalue weighted by molar-refractivity contribution is 6.03. The van der Waals surface area contributed by atoms with E-state index in [2.05, 4.69) is 81.5 Å². The topological polar surface area (TPSA) is 160 Å². The summed E-state index contributed by atoms with van der Waals surface area (Å²) in [4.78, 5) is 61.3. The largest absolute Gasteiger partial charge is 0.487 e. The van der Waals surface area contributed by atoms with Gasteiger partial charge in [0.25, 0.3) is 11.8 Å². The molecule has 0 radical (unpaired) electrons. The predicted octanol–water partition coefficient (Wildman–Crippen LogP) is 4.90. The number of piperidine rings is 2. The van der Waals surface area contributed by atoms with Crippen molar-refractivity contribution in [3.8, 4) is 11.8 Å². The standard InChI is InChI=1S/C45H56N8O5/c1-29-23-35(24-30(2)36(29)25-46)58-45(6)28-44(5,43(45,3)4)50-40(55)32-7-9-33(10-8-32)52-17-15-31(16-18-52)27-51-19-21-53(22-20-51)34-11-12-37(47-26-34)41(56)48-38-13-14-39(54)49-42(38)57/h7-12,23-24,26,31,38H,13-22,27-28H2,1-6H3,(H,48,56)(H,50,55)(H,49,54,57)/t38-,44?,45?/m0/s1. The molecule has 2 aromatic carbocycles. The third-order valence-electron chi connectivity index (χ3n) is 13.6. The van der Waals surface area contributed by atoms with Crippen molar-refractivity contribution < 1.29 is 23.9 Å². The maximum Gasteiger partial charge on any atom is 0.270 e. The van der Waals surface area contributed by atoms with Crippen LogP contribution in [0.4, 0.5) is 11.4 Å². The molecule has 13 nitrogen and oxygen atoms in total. The van der Waals surface area contributed by atoms with E-state index in [1.165, 1.54) is 0 Å². The molecule has 1 saturated carbocycles. The summed E-state index contributed by atoms with van der Waals surface area (Å²) < 4.78 is 6.58. The molecule has 58 heavy (non-hydrogen) atoms. The molecule has 3 N–H and O–H groups in total. The summed E-state index contributed by atoms with van der Waals surface area (Å²) in [5, 5.41) is 17.7. The predicted molar refractivity (Wildman–Crippen MR) is 222 cm³/mol. The van der Waals surface area contributed by atoms with E-state index in [9.17, 15) is 24.4 Å². The van der Waals surface area contributed by atoms with Crippen molar-refractivity contribution in [2.75, 3.05) is 55.6 Å². The van der Waals surface area contributed by atoms with E-state index in [1.54, 1.807) is 12.3 Å². The molecule has 4 amide bonds. The highest BCUT2D eigenvalue weighted by Crippen LogP contribution is 2.58. The fourth-order valence-electron chi connectivity index (χ4n) is 9.22. The highest BCUT2D eigenvalue weighted by atomic mass is 16.5. The molecule has 7 rings (SSSR count). The Labute approximate surface area is 341 Å². The summed E-state index contributed by atoms with van der Waals surface area (Å²) in [5.74, 6) is 0.0550. The normalized spacial score (nSPS) is 24.9. The molecule has 3 atom stereocenters. The minimum Gasteiger partial charge on any atom is -0.487 e. The van der Waals surface area contributed by atoms with Crippen molar-refractivity contribution in [3.63, 3.8) is 0 Å². The van der Waals surface area contributed by atoms with Crippen molar-refractivity contribution in [1.29, 1.82) is 5.26 Å². The molecule has 13 heteroatoms. The van der Waals surface area contributed by atoms with Gasteiger partial charge in [0.05, 0.1) is 29.1 Å². The lowest BCUT2D eigenvalue weighted by molar-refractivity contribution is -0.180. The van der Waals surface area contributed by atoms with Crippen LogP contribution in [0.5, 0.6) is 5.75 Å². The van der Waals surface area contributed by atoms with Gasteiger partial charge < -0.3 is 25.2 Å². The molecule has 306 valence electrons. The number of amides is 4. The minimum atomic E-state index is -0.731. The van der Waals surface area contributed by atoms with Crippen LogP contribution < -0.4 is 30.5 Å². The molecule has 4 aliphatic rings. The molecule has 0 bridgehead atoms. The molecule has 3 saturated heterocycles. The first-order valence-electron chi connectivity index (χ1n) is 20.5. The van der Waals surface area contributed by atoms with Crippen molar-refractivity contribution in [2.24, 2.45) is 11.3 Å². The maximum atomic E-state index is 13.6. The van der Waals surface area contributed by atoms with E-state index < -0.39 is 29.0 Å². The second kappa shape index (κ2) is 16.0. The SMILES string of the molecule is Cc1cc(OC2(C)CC(C)(NC(=O)c3ccc(N4CCC(CN5CCN(c6ccc(C(=O)N[C@H]7CCC(=O)NC7=O)nc6)CC5)CC4)cc3)C2(C)C)cc(C)c1C#N. The molecular formula is C45H56N8O5. The van der Waals surface area contributed by atoms with Gasteiger partial charge in [-0.15, -0.1) is 0 Å². The molecule has 1 aliphatic carbocycles. The number of piperazine rings is 1. The third kappa shape index (κ3) is 8.12. The van der Waals surface area contributed by atoms with Crippen LogP contribution in [-0.2, 0) is 9.59 Å². The Morgan fingerprint density at radius 3 is 2.10 bits per heavy atom. The number of hydrogen-bond donors (Lipinski definition) is 3. The maximum absolute atomic E-state index is 13.6. The lowest BCUT2D eigenvalue weighted by Gasteiger charge is -2.65. The third-order valence-corrected chi connectivity index (χ3v) is 13.6. The van der Waals surface area contributed by atoms with Gasteiger partial charge in [-0.2, -0.15) is 5.26 Å². The number of aryl methyl sites for hydroxylation is 2. The summed E-state index contributed by atoms with van der Waals surface area (Å²) in [6.07, 6.45) is 5.09. The van der Waals surface area contributed by atoms with Crippen LogP contribution in [0.15, 0.2) is 54.7 Å². The summed E-state index contributed by atoms with van der Waals surface area (Å²) in [7, 11) is 0. The Morgan fingerprint density at radius 2 is 1.52 bits per heavy atom. The number of nitrogens with one attached hydrogen (secondary N) is 3. The lowest BCUT2D eigenvalue weighted by Crippen LogP contribution is -2.77. The van der Waals surface area contributed by atoms with E-state index in [0.717, 1.165) is 86.9 Å². The quantitative estimate of drug-likeness (QED) is 0.241. The van der Waals surface area contributed by atoms with E-state index >= 15 is 0 Å². The second-order valence-corrected chi connectivity index (χ2v) is 17.6. The van der Waals surface area contributed by atoms with E-state index in [4.69, 9.17) is 4.74 Å². The number of carbonyl (C=O) groups excluding carboxylic acids is 4. The van der Waals surface area contributed by atoms with Gasteiger partial charge in [0, 0.05) is 75.3 Å². The number of imide groups is 1. The number of anilines is 2. The number of nitriles is 1. The Kier molecular flexibility index (Phi) is 11.3. The van der Waals surface area contributed by atoms with Gasteiger partial charge in [-0.1, -0.05) is 13.8 Å². The molecule has 0 spiro atoms. The minimum absolute atomic E-state index is 0.0873. The number of ether oxygens (including phenoxy) is 1. The first kappa shape index (κ1) is 40.7. The molecular weight excluding hydrogens is 733 g/mol. The van der Waals surface area contributed by atoms with Crippen molar-refractivity contribution in [1.82, 2.24) is 25.8 Å². The van der Waals surface area contributed by atoms with Gasteiger partial charge in [-0.25, -0.2) is 4.98 Å². The number of benzene rings is 2. The highest BCUT2D eigenvalue weighted by Gasteiger charge is 2.67. The van der Waals surface area contributed by atoms with Crippen LogP contribution >= 0.6 is 0 Å². The average molecular weight is 789 g/mol. The van der Waals surface area contributed by atoms with Crippen LogP contribution in [0.3, 0.4) is 0 Å². The second-order valence-electron chi connectivity index (χ2n) is 17.6. The number of hydrogen-bond acceptors (Lipinski definition) is 10. The summed E-state index contributed by atoms with van der Waals surface area (Å²) in [6.45, 7) is 19.1. The number of carbonyl (C=O) groups is 4. The van der Waals surface area contributed by atoms with Gasteiger partial charge in [0.1, 0.15) is 23.1 Å². The zero-order chi connectivity index (χ0) is 41.4. The Balaban J connectivity index is 0.837. The smallest absolute Gasteiger partial charge is 0.270 e. The van der Waals surface area contributed by atoms with Crippen molar-refractivity contribution >= 4 is 35.0 Å². The number of nitrogens with zero attached hydrogens (tertiary/aromatic N) is 5. The van der Waals surface area contributed by atoms with Crippen LogP contribution in [0.1, 0.15) is 97.3 Å². The van der Waals surface area contributed by atoms with Gasteiger partial charge >= 0.3 is 0 Å². The summed E-state index contributed by atoms with van der Waals surface area (Å²) in [6, 6.07) is 17.0. The lowest BCUT2D eigenvalue weighted by atomic mass is 9.48. The van der Waals surface area contributed by atoms with Crippen LogP contribution in [0, 0.1) is 36.5 Å². The van der Waals surface area contributed by atoms with Gasteiger partial charge in [0.2, 0.25) is 11.8 Å². The van der Waals surface area contributed by atoms with Crippen LogP contribution in [0.25, 0.3) is 0 Å². The number of aromatic nitrogens is 1. The zero-order valence-corrected chi connectivity index (χ0v) is 34.6. The Bertz CT molecular complexity index is 2070. The molecule has 3 aromatic rings. The first-order chi connectivity index (χ1) is 27.6. The van der Waals surface area contributed by atoms with Gasteiger partial charge in [-0.3, -0.25) is 29.4 Å². The average Bonchev–Trinajstić information content (AvgIpc) is 3.19. The first-order valence-corrected chi connectivity index (χ1v) is 20.5. The van der Waals surface area contributed by atoms with E-state index in [0.29, 0.717) is 23.5 Å². The van der Waals surface area contributed by atoms with Crippen molar-refractivity contribution in [3.05, 3.63) is 82.7 Å². The number of rotatable bonds is 10. The Hall–Kier alpha value is -5.48. The van der Waals surface area contributed by atoms with Crippen LogP contribution in [0.2, 0.25) is 0 Å². The monoisotopic (exact) mass is 788 g/mol. The fraction of sp³-hybridized carbons (Fsp3) is 0.511. The summed E-state index contributed by atoms with van der Waals surface area (Å²) >= 11 is 0.